The fourth-order valence-corrected chi connectivity index (χ4v) is 2.51. The smallest absolute Gasteiger partial charge is 0.360 e. The van der Waals surface area contributed by atoms with Gasteiger partial charge in [-0.15, -0.1) is 0 Å². The second-order valence-corrected chi connectivity index (χ2v) is 6.17. The second kappa shape index (κ2) is 7.69. The molecule has 0 aromatic carbocycles. The molecule has 1 unspecified atom stereocenters. The molecule has 8 nitrogen and oxygen atoms in total. The van der Waals surface area contributed by atoms with Crippen molar-refractivity contribution in [1.29, 1.82) is 0 Å². The van der Waals surface area contributed by atoms with Gasteiger partial charge in [0.25, 0.3) is 0 Å². The Morgan fingerprint density at radius 3 is 2.56 bits per heavy atom. The summed E-state index contributed by atoms with van der Waals surface area (Å²) >= 11 is 6.14. The quantitative estimate of drug-likeness (QED) is 0.792. The summed E-state index contributed by atoms with van der Waals surface area (Å²) in [4.78, 5) is 24.3. The van der Waals surface area contributed by atoms with Crippen LogP contribution in [0.5, 0.6) is 0 Å². The first-order valence-corrected chi connectivity index (χ1v) is 8.32. The number of aryl methyl sites for hydroxylation is 2. The Bertz CT molecular complexity index is 796. The Balaban J connectivity index is 2.14. The molecule has 0 saturated carbocycles. The summed E-state index contributed by atoms with van der Waals surface area (Å²) in [5, 5.41) is 11.8. The number of carbonyl (C=O) groups is 2. The zero-order valence-corrected chi connectivity index (χ0v) is 15.7. The summed E-state index contributed by atoms with van der Waals surface area (Å²) in [6.07, 6.45) is 1.61. The van der Waals surface area contributed by atoms with Gasteiger partial charge in [-0.3, -0.25) is 14.2 Å². The number of hydrogen-bond acceptors (Lipinski definition) is 5. The fourth-order valence-electron chi connectivity index (χ4n) is 2.37. The highest BCUT2D eigenvalue weighted by atomic mass is 35.5. The van der Waals surface area contributed by atoms with E-state index >= 15 is 0 Å². The molecule has 9 heteroatoms. The highest BCUT2D eigenvalue weighted by Gasteiger charge is 2.22. The van der Waals surface area contributed by atoms with Crippen LogP contribution < -0.4 is 5.32 Å². The molecular formula is C16H22ClN5O3. The molecule has 1 N–H and O–H groups in total. The SMILES string of the molecule is CCn1cc(NC(=O)C(C)Cn2nc(C)c(Cl)c2C)c(C(=O)OC)n1. The van der Waals surface area contributed by atoms with Gasteiger partial charge in [-0.25, -0.2) is 4.79 Å². The van der Waals surface area contributed by atoms with Gasteiger partial charge in [-0.2, -0.15) is 10.2 Å². The Kier molecular flexibility index (Phi) is 5.84. The minimum atomic E-state index is -0.597. The predicted molar refractivity (Wildman–Crippen MR) is 93.7 cm³/mol. The van der Waals surface area contributed by atoms with Crippen LogP contribution >= 0.6 is 11.6 Å². The third-order valence-corrected chi connectivity index (χ3v) is 4.46. The molecule has 136 valence electrons. The van der Waals surface area contributed by atoms with Crippen LogP contribution in [0.1, 0.15) is 35.7 Å². The van der Waals surface area contributed by atoms with Gasteiger partial charge < -0.3 is 10.1 Å². The van der Waals surface area contributed by atoms with E-state index in [1.54, 1.807) is 22.5 Å². The summed E-state index contributed by atoms with van der Waals surface area (Å²) in [5.74, 6) is -1.23. The number of nitrogens with one attached hydrogen (secondary N) is 1. The number of methoxy groups -OCH3 is 1. The van der Waals surface area contributed by atoms with Gasteiger partial charge >= 0.3 is 5.97 Å². The molecule has 0 spiro atoms. The number of ether oxygens (including phenoxy) is 1. The maximum Gasteiger partial charge on any atom is 0.360 e. The number of carbonyl (C=O) groups excluding carboxylic acids is 2. The number of anilines is 1. The lowest BCUT2D eigenvalue weighted by Crippen LogP contribution is -2.26. The average Bonchev–Trinajstić information content (AvgIpc) is 3.10. The summed E-state index contributed by atoms with van der Waals surface area (Å²) in [5.41, 5.74) is 1.95. The van der Waals surface area contributed by atoms with Crippen molar-refractivity contribution in [2.45, 2.75) is 40.8 Å². The number of aromatic nitrogens is 4. The van der Waals surface area contributed by atoms with Crippen LogP contribution in [-0.2, 0) is 22.6 Å². The summed E-state index contributed by atoms with van der Waals surface area (Å²) in [6, 6.07) is 0. The topological polar surface area (TPSA) is 91.0 Å². The minimum Gasteiger partial charge on any atom is -0.464 e. The van der Waals surface area contributed by atoms with Crippen LogP contribution in [0.4, 0.5) is 5.69 Å². The van der Waals surface area contributed by atoms with Crippen molar-refractivity contribution in [3.8, 4) is 0 Å². The van der Waals surface area contributed by atoms with Crippen molar-refractivity contribution in [3.63, 3.8) is 0 Å². The monoisotopic (exact) mass is 367 g/mol. The van der Waals surface area contributed by atoms with Crippen LogP contribution in [0, 0.1) is 19.8 Å². The molecule has 0 aliphatic heterocycles. The number of amides is 1. The highest BCUT2D eigenvalue weighted by Crippen LogP contribution is 2.21. The molecule has 2 aromatic heterocycles. The summed E-state index contributed by atoms with van der Waals surface area (Å²) in [6.45, 7) is 8.28. The first-order valence-electron chi connectivity index (χ1n) is 7.94. The Morgan fingerprint density at radius 1 is 1.36 bits per heavy atom. The second-order valence-electron chi connectivity index (χ2n) is 5.80. The van der Waals surface area contributed by atoms with Gasteiger partial charge in [0.05, 0.1) is 41.7 Å². The van der Waals surface area contributed by atoms with Crippen molar-refractivity contribution in [1.82, 2.24) is 19.6 Å². The Labute approximate surface area is 151 Å². The van der Waals surface area contributed by atoms with Crippen LogP contribution in [0.25, 0.3) is 0 Å². The van der Waals surface area contributed by atoms with E-state index in [0.717, 1.165) is 11.4 Å². The number of esters is 1. The normalized spacial score (nSPS) is 12.1. The molecule has 2 rings (SSSR count). The number of hydrogen-bond donors (Lipinski definition) is 1. The van der Waals surface area contributed by atoms with Gasteiger partial charge in [0, 0.05) is 12.7 Å². The molecule has 25 heavy (non-hydrogen) atoms. The van der Waals surface area contributed by atoms with Gasteiger partial charge in [0.2, 0.25) is 5.91 Å². The summed E-state index contributed by atoms with van der Waals surface area (Å²) < 4.78 is 7.98. The Morgan fingerprint density at radius 2 is 2.04 bits per heavy atom. The van der Waals surface area contributed by atoms with E-state index in [-0.39, 0.29) is 17.5 Å². The van der Waals surface area contributed by atoms with Crippen LogP contribution in [0.3, 0.4) is 0 Å². The van der Waals surface area contributed by atoms with E-state index in [4.69, 9.17) is 16.3 Å². The van der Waals surface area contributed by atoms with E-state index < -0.39 is 5.97 Å². The molecule has 2 heterocycles. The van der Waals surface area contributed by atoms with Crippen molar-refractivity contribution >= 4 is 29.2 Å². The van der Waals surface area contributed by atoms with Crippen LogP contribution in [0.2, 0.25) is 5.02 Å². The van der Waals surface area contributed by atoms with Gasteiger partial charge in [0.1, 0.15) is 0 Å². The zero-order chi connectivity index (χ0) is 18.7. The van der Waals surface area contributed by atoms with Crippen molar-refractivity contribution in [2.75, 3.05) is 12.4 Å². The van der Waals surface area contributed by atoms with E-state index in [1.165, 1.54) is 7.11 Å². The lowest BCUT2D eigenvalue weighted by molar-refractivity contribution is -0.119. The van der Waals surface area contributed by atoms with E-state index in [2.05, 4.69) is 15.5 Å². The van der Waals surface area contributed by atoms with E-state index in [0.29, 0.717) is 23.8 Å². The van der Waals surface area contributed by atoms with Crippen LogP contribution in [0.15, 0.2) is 6.20 Å². The minimum absolute atomic E-state index is 0.0825. The van der Waals surface area contributed by atoms with Crippen molar-refractivity contribution in [2.24, 2.45) is 5.92 Å². The van der Waals surface area contributed by atoms with Crippen LogP contribution in [-0.4, -0.2) is 38.5 Å². The molecule has 0 aliphatic carbocycles. The molecule has 0 aliphatic rings. The largest absolute Gasteiger partial charge is 0.464 e. The molecule has 1 amide bonds. The molecule has 0 fully saturated rings. The van der Waals surface area contributed by atoms with Gasteiger partial charge in [-0.05, 0) is 20.8 Å². The first-order chi connectivity index (χ1) is 11.8. The Hall–Kier alpha value is -2.35. The van der Waals surface area contributed by atoms with E-state index in [1.807, 2.05) is 20.8 Å². The third kappa shape index (κ3) is 4.01. The number of rotatable bonds is 6. The maximum absolute atomic E-state index is 12.5. The standard InChI is InChI=1S/C16H22ClN5O3/c1-6-21-8-12(14(20-21)16(24)25-5)18-15(23)9(2)7-22-11(4)13(17)10(3)19-22/h8-9H,6-7H2,1-5H3,(H,18,23). The van der Waals surface area contributed by atoms with E-state index in [9.17, 15) is 9.59 Å². The summed E-state index contributed by atoms with van der Waals surface area (Å²) in [7, 11) is 1.27. The van der Waals surface area contributed by atoms with Crippen molar-refractivity contribution in [3.05, 3.63) is 28.3 Å². The molecule has 2 aromatic rings. The van der Waals surface area contributed by atoms with Crippen molar-refractivity contribution < 1.29 is 14.3 Å². The highest BCUT2D eigenvalue weighted by molar-refractivity contribution is 6.31. The molecule has 0 bridgehead atoms. The zero-order valence-electron chi connectivity index (χ0n) is 15.0. The molecule has 1 atom stereocenters. The molecular weight excluding hydrogens is 346 g/mol. The van der Waals surface area contributed by atoms with Gasteiger partial charge in [0.15, 0.2) is 5.69 Å². The van der Waals surface area contributed by atoms with Gasteiger partial charge in [-0.1, -0.05) is 18.5 Å². The lowest BCUT2D eigenvalue weighted by atomic mass is 10.1. The number of halogens is 1. The molecule has 0 saturated heterocycles. The molecule has 0 radical (unpaired) electrons. The fraction of sp³-hybridized carbons (Fsp3) is 0.500. The predicted octanol–water partition coefficient (Wildman–Crippen LogP) is 2.43. The first kappa shape index (κ1) is 19.0. The number of nitrogens with zero attached hydrogens (tertiary/aromatic N) is 4. The maximum atomic E-state index is 12.5. The lowest BCUT2D eigenvalue weighted by Gasteiger charge is -2.13. The average molecular weight is 368 g/mol. The third-order valence-electron chi connectivity index (χ3n) is 3.91.